The van der Waals surface area contributed by atoms with E-state index in [9.17, 15) is 4.79 Å². The maximum atomic E-state index is 9.97. The highest BCUT2D eigenvalue weighted by atomic mass is 16.4. The lowest BCUT2D eigenvalue weighted by molar-refractivity contribution is 0.0662. The van der Waals surface area contributed by atoms with E-state index in [4.69, 9.17) is 9.52 Å². The molecule has 4 nitrogen and oxygen atoms in total. The summed E-state index contributed by atoms with van der Waals surface area (Å²) in [6, 6.07) is 6.83. The summed E-state index contributed by atoms with van der Waals surface area (Å²) in [6.07, 6.45) is 1.32. The molecule has 0 saturated heterocycles. The van der Waals surface area contributed by atoms with Crippen LogP contribution in [0.2, 0.25) is 0 Å². The molecular formula is C11H12O4. The average Bonchev–Trinajstić information content (AvgIpc) is 2.77. The molecule has 0 aliphatic rings. The fourth-order valence-corrected chi connectivity index (χ4v) is 0.957. The molecule has 0 spiro atoms. The Bertz CT molecular complexity index is 395. The number of hydrogen-bond acceptors (Lipinski definition) is 3. The minimum absolute atomic E-state index is 0.0231. The lowest BCUT2D eigenvalue weighted by Crippen LogP contribution is -1.90. The van der Waals surface area contributed by atoms with Gasteiger partial charge in [-0.15, -0.1) is 0 Å². The molecule has 0 bridgehead atoms. The van der Waals surface area contributed by atoms with Crippen molar-refractivity contribution in [2.45, 2.75) is 13.8 Å². The first kappa shape index (κ1) is 11.1. The number of carboxylic acid groups (broad SMARTS) is 1. The molecule has 0 atom stereocenters. The smallest absolute Gasteiger partial charge is 0.371 e. The molecule has 0 aliphatic carbocycles. The molecule has 2 aromatic heterocycles. The monoisotopic (exact) mass is 208 g/mol. The summed E-state index contributed by atoms with van der Waals surface area (Å²) < 4.78 is 9.58. The van der Waals surface area contributed by atoms with Gasteiger partial charge in [-0.2, -0.15) is 0 Å². The van der Waals surface area contributed by atoms with Crippen molar-refractivity contribution in [1.82, 2.24) is 0 Å². The molecule has 0 fully saturated rings. The summed E-state index contributed by atoms with van der Waals surface area (Å²) in [4.78, 5) is 9.97. The zero-order valence-electron chi connectivity index (χ0n) is 8.56. The molecule has 0 unspecified atom stereocenters. The van der Waals surface area contributed by atoms with Gasteiger partial charge >= 0.3 is 5.97 Å². The molecule has 80 valence electrons. The maximum Gasteiger partial charge on any atom is 0.371 e. The van der Waals surface area contributed by atoms with Crippen LogP contribution < -0.4 is 0 Å². The average molecular weight is 208 g/mol. The van der Waals surface area contributed by atoms with E-state index >= 15 is 0 Å². The van der Waals surface area contributed by atoms with Crippen molar-refractivity contribution >= 4 is 5.97 Å². The Morgan fingerprint density at radius 3 is 2.00 bits per heavy atom. The van der Waals surface area contributed by atoms with Gasteiger partial charge in [0.1, 0.15) is 11.5 Å². The van der Waals surface area contributed by atoms with Gasteiger partial charge < -0.3 is 13.9 Å². The Hall–Kier alpha value is -1.97. The predicted molar refractivity (Wildman–Crippen MR) is 53.8 cm³/mol. The van der Waals surface area contributed by atoms with E-state index in [1.165, 1.54) is 18.4 Å². The standard InChI is InChI=1S/C6H8O.C5H4O3/c1-5-3-4-6(2)7-5;6-5(7)4-2-1-3-8-4/h3-4H,1-2H3;1-3H,(H,6,7). The van der Waals surface area contributed by atoms with Crippen LogP contribution in [0.3, 0.4) is 0 Å². The zero-order chi connectivity index (χ0) is 11.3. The molecule has 2 rings (SSSR count). The first-order chi connectivity index (χ1) is 7.09. The van der Waals surface area contributed by atoms with Gasteiger partial charge in [0.2, 0.25) is 5.76 Å². The molecule has 15 heavy (non-hydrogen) atoms. The molecule has 0 amide bonds. The first-order valence-corrected chi connectivity index (χ1v) is 4.39. The molecule has 4 heteroatoms. The number of rotatable bonds is 1. The summed E-state index contributed by atoms with van der Waals surface area (Å²) in [6.45, 7) is 3.88. The van der Waals surface area contributed by atoms with Crippen LogP contribution in [-0.2, 0) is 0 Å². The Morgan fingerprint density at radius 1 is 1.20 bits per heavy atom. The van der Waals surface area contributed by atoms with E-state index in [0.29, 0.717) is 0 Å². The topological polar surface area (TPSA) is 63.6 Å². The summed E-state index contributed by atoms with van der Waals surface area (Å²) >= 11 is 0. The number of furan rings is 2. The van der Waals surface area contributed by atoms with E-state index in [-0.39, 0.29) is 5.76 Å². The van der Waals surface area contributed by atoms with Gasteiger partial charge in [0.25, 0.3) is 0 Å². The second kappa shape index (κ2) is 5.05. The molecule has 1 N–H and O–H groups in total. The number of hydrogen-bond donors (Lipinski definition) is 1. The third kappa shape index (κ3) is 3.72. The normalized spacial score (nSPS) is 9.20. The van der Waals surface area contributed by atoms with E-state index in [1.54, 1.807) is 0 Å². The largest absolute Gasteiger partial charge is 0.475 e. The van der Waals surface area contributed by atoms with Crippen molar-refractivity contribution in [2.75, 3.05) is 0 Å². The summed E-state index contributed by atoms with van der Waals surface area (Å²) in [7, 11) is 0. The van der Waals surface area contributed by atoms with Gasteiger partial charge in [-0.3, -0.25) is 0 Å². The highest BCUT2D eigenvalue weighted by Crippen LogP contribution is 2.02. The Morgan fingerprint density at radius 2 is 1.80 bits per heavy atom. The van der Waals surface area contributed by atoms with E-state index in [2.05, 4.69) is 4.42 Å². The van der Waals surface area contributed by atoms with Crippen molar-refractivity contribution in [3.8, 4) is 0 Å². The molecule has 0 aliphatic heterocycles. The van der Waals surface area contributed by atoms with Crippen molar-refractivity contribution in [2.24, 2.45) is 0 Å². The zero-order valence-corrected chi connectivity index (χ0v) is 8.56. The van der Waals surface area contributed by atoms with Crippen LogP contribution in [-0.4, -0.2) is 11.1 Å². The summed E-state index contributed by atoms with van der Waals surface area (Å²) in [5.74, 6) is 0.912. The highest BCUT2D eigenvalue weighted by Gasteiger charge is 2.01. The second-order valence-corrected chi connectivity index (χ2v) is 2.94. The van der Waals surface area contributed by atoms with Gasteiger partial charge in [0, 0.05) is 0 Å². The van der Waals surface area contributed by atoms with Crippen LogP contribution in [0, 0.1) is 13.8 Å². The number of aryl methyl sites for hydroxylation is 2. The molecule has 2 aromatic rings. The van der Waals surface area contributed by atoms with Crippen LogP contribution in [0.5, 0.6) is 0 Å². The Kier molecular flexibility index (Phi) is 3.74. The van der Waals surface area contributed by atoms with Crippen LogP contribution in [0.25, 0.3) is 0 Å². The number of aromatic carboxylic acids is 1. The van der Waals surface area contributed by atoms with Crippen molar-refractivity contribution in [3.63, 3.8) is 0 Å². The minimum atomic E-state index is -1.03. The highest BCUT2D eigenvalue weighted by molar-refractivity contribution is 5.84. The Balaban J connectivity index is 0.000000151. The molecule has 0 saturated carbocycles. The lowest BCUT2D eigenvalue weighted by Gasteiger charge is -1.79. The van der Waals surface area contributed by atoms with Gasteiger partial charge in [-0.05, 0) is 38.1 Å². The predicted octanol–water partition coefficient (Wildman–Crippen LogP) is 2.87. The lowest BCUT2D eigenvalue weighted by atomic mass is 10.5. The van der Waals surface area contributed by atoms with Crippen LogP contribution in [0.1, 0.15) is 22.1 Å². The number of carbonyl (C=O) groups is 1. The van der Waals surface area contributed by atoms with E-state index < -0.39 is 5.97 Å². The van der Waals surface area contributed by atoms with Crippen molar-refractivity contribution in [1.29, 1.82) is 0 Å². The third-order valence-corrected chi connectivity index (χ3v) is 1.61. The van der Waals surface area contributed by atoms with E-state index in [0.717, 1.165) is 11.5 Å². The van der Waals surface area contributed by atoms with Crippen LogP contribution >= 0.6 is 0 Å². The van der Waals surface area contributed by atoms with E-state index in [1.807, 2.05) is 26.0 Å². The van der Waals surface area contributed by atoms with Gasteiger partial charge in [0.15, 0.2) is 0 Å². The van der Waals surface area contributed by atoms with Gasteiger partial charge in [0.05, 0.1) is 6.26 Å². The number of carboxylic acids is 1. The molecule has 0 radical (unpaired) electrons. The molecule has 2 heterocycles. The quantitative estimate of drug-likeness (QED) is 0.782. The van der Waals surface area contributed by atoms with Crippen molar-refractivity contribution < 1.29 is 18.7 Å². The van der Waals surface area contributed by atoms with Gasteiger partial charge in [-0.25, -0.2) is 4.79 Å². The third-order valence-electron chi connectivity index (χ3n) is 1.61. The Labute approximate surface area is 87.1 Å². The minimum Gasteiger partial charge on any atom is -0.475 e. The van der Waals surface area contributed by atoms with Crippen molar-refractivity contribution in [3.05, 3.63) is 47.8 Å². The first-order valence-electron chi connectivity index (χ1n) is 4.39. The summed E-state index contributed by atoms with van der Waals surface area (Å²) in [5, 5.41) is 8.18. The molecule has 0 aromatic carbocycles. The fourth-order valence-electron chi connectivity index (χ4n) is 0.957. The van der Waals surface area contributed by atoms with Crippen LogP contribution in [0.15, 0.2) is 39.4 Å². The second-order valence-electron chi connectivity index (χ2n) is 2.94. The maximum absolute atomic E-state index is 9.97. The fraction of sp³-hybridized carbons (Fsp3) is 0.182. The van der Waals surface area contributed by atoms with Gasteiger partial charge in [-0.1, -0.05) is 0 Å². The summed E-state index contributed by atoms with van der Waals surface area (Å²) in [5.41, 5.74) is 0. The molecular weight excluding hydrogens is 196 g/mol. The van der Waals surface area contributed by atoms with Crippen LogP contribution in [0.4, 0.5) is 0 Å². The SMILES string of the molecule is Cc1ccc(C)o1.O=C(O)c1ccco1.